The van der Waals surface area contributed by atoms with Gasteiger partial charge in [0, 0.05) is 13.0 Å². The first kappa shape index (κ1) is 16.0. The van der Waals surface area contributed by atoms with Gasteiger partial charge in [-0.1, -0.05) is 20.8 Å². The molecule has 0 bridgehead atoms. The lowest BCUT2D eigenvalue weighted by molar-refractivity contribution is -0.147. The quantitative estimate of drug-likeness (QED) is 0.829. The lowest BCUT2D eigenvalue weighted by Crippen LogP contribution is -2.52. The number of carboxylic acid groups (broad SMARTS) is 1. The maximum Gasteiger partial charge on any atom is 0.303 e. The summed E-state index contributed by atoms with van der Waals surface area (Å²) < 4.78 is 5.57. The van der Waals surface area contributed by atoms with Crippen molar-refractivity contribution in [2.75, 3.05) is 13.2 Å². The van der Waals surface area contributed by atoms with Gasteiger partial charge in [-0.3, -0.25) is 9.59 Å². The standard InChI is InChI=1S/C14H25NO4/c1-5-11-9-19-10(2)8-15(11)12(16)6-14(3,4)7-13(17)18/h10-11H,5-9H2,1-4H3,(H,17,18). The molecule has 2 atom stereocenters. The van der Waals surface area contributed by atoms with E-state index in [-0.39, 0.29) is 30.9 Å². The fourth-order valence-electron chi connectivity index (χ4n) is 2.47. The van der Waals surface area contributed by atoms with Crippen LogP contribution in [-0.2, 0) is 14.3 Å². The predicted molar refractivity (Wildman–Crippen MR) is 71.9 cm³/mol. The molecule has 5 heteroatoms. The van der Waals surface area contributed by atoms with Gasteiger partial charge in [-0.05, 0) is 18.8 Å². The molecular weight excluding hydrogens is 246 g/mol. The summed E-state index contributed by atoms with van der Waals surface area (Å²) in [6.45, 7) is 8.80. The van der Waals surface area contributed by atoms with E-state index in [1.807, 2.05) is 32.6 Å². The summed E-state index contributed by atoms with van der Waals surface area (Å²) >= 11 is 0. The summed E-state index contributed by atoms with van der Waals surface area (Å²) in [6, 6.07) is 0.115. The first-order chi connectivity index (χ1) is 8.75. The van der Waals surface area contributed by atoms with Crippen LogP contribution in [0, 0.1) is 5.41 Å². The highest BCUT2D eigenvalue weighted by molar-refractivity contribution is 5.78. The Labute approximate surface area is 114 Å². The van der Waals surface area contributed by atoms with E-state index in [1.54, 1.807) is 0 Å². The highest BCUT2D eigenvalue weighted by Crippen LogP contribution is 2.27. The molecule has 0 aromatic carbocycles. The third kappa shape index (κ3) is 4.82. The van der Waals surface area contributed by atoms with Crippen molar-refractivity contribution in [2.24, 2.45) is 5.41 Å². The number of amides is 1. The topological polar surface area (TPSA) is 66.8 Å². The zero-order valence-electron chi connectivity index (χ0n) is 12.3. The predicted octanol–water partition coefficient (Wildman–Crippen LogP) is 1.90. The Kier molecular flexibility index (Phi) is 5.35. The Balaban J connectivity index is 2.66. The molecule has 1 saturated heterocycles. The van der Waals surface area contributed by atoms with Crippen LogP contribution in [0.3, 0.4) is 0 Å². The smallest absolute Gasteiger partial charge is 0.303 e. The molecule has 19 heavy (non-hydrogen) atoms. The van der Waals surface area contributed by atoms with Crippen molar-refractivity contribution in [3.8, 4) is 0 Å². The maximum atomic E-state index is 12.4. The van der Waals surface area contributed by atoms with Crippen LogP contribution in [-0.4, -0.2) is 47.2 Å². The summed E-state index contributed by atoms with van der Waals surface area (Å²) in [5, 5.41) is 8.87. The van der Waals surface area contributed by atoms with Gasteiger partial charge in [0.2, 0.25) is 5.91 Å². The van der Waals surface area contributed by atoms with Crippen molar-refractivity contribution in [3.63, 3.8) is 0 Å². The molecule has 1 aliphatic rings. The Hall–Kier alpha value is -1.10. The average molecular weight is 271 g/mol. The monoisotopic (exact) mass is 271 g/mol. The molecule has 0 radical (unpaired) electrons. The third-order valence-corrected chi connectivity index (χ3v) is 3.52. The van der Waals surface area contributed by atoms with Gasteiger partial charge in [0.25, 0.3) is 0 Å². The first-order valence-corrected chi connectivity index (χ1v) is 6.88. The van der Waals surface area contributed by atoms with Crippen LogP contribution in [0.15, 0.2) is 0 Å². The van der Waals surface area contributed by atoms with Gasteiger partial charge in [0.1, 0.15) is 0 Å². The normalized spacial score (nSPS) is 24.3. The Bertz CT molecular complexity index is 340. The third-order valence-electron chi connectivity index (χ3n) is 3.52. The number of hydrogen-bond acceptors (Lipinski definition) is 3. The highest BCUT2D eigenvalue weighted by atomic mass is 16.5. The summed E-state index contributed by atoms with van der Waals surface area (Å²) in [7, 11) is 0. The average Bonchev–Trinajstić information content (AvgIpc) is 2.26. The second-order valence-corrected chi connectivity index (χ2v) is 6.16. The van der Waals surface area contributed by atoms with Crippen LogP contribution in [0.5, 0.6) is 0 Å². The number of nitrogens with zero attached hydrogens (tertiary/aromatic N) is 1. The number of carboxylic acids is 1. The highest BCUT2D eigenvalue weighted by Gasteiger charge is 2.33. The molecule has 1 amide bonds. The summed E-state index contributed by atoms with van der Waals surface area (Å²) in [4.78, 5) is 25.0. The summed E-state index contributed by atoms with van der Waals surface area (Å²) in [6.07, 6.45) is 1.18. The van der Waals surface area contributed by atoms with Crippen molar-refractivity contribution in [3.05, 3.63) is 0 Å². The van der Waals surface area contributed by atoms with Gasteiger partial charge >= 0.3 is 5.97 Å². The Morgan fingerprint density at radius 3 is 2.53 bits per heavy atom. The van der Waals surface area contributed by atoms with Crippen molar-refractivity contribution >= 4 is 11.9 Å². The van der Waals surface area contributed by atoms with Crippen LogP contribution in [0.2, 0.25) is 0 Å². The van der Waals surface area contributed by atoms with E-state index in [2.05, 4.69) is 0 Å². The van der Waals surface area contributed by atoms with E-state index in [1.165, 1.54) is 0 Å². The molecule has 1 rings (SSSR count). The number of rotatable bonds is 5. The molecule has 2 unspecified atom stereocenters. The van der Waals surface area contributed by atoms with Gasteiger partial charge in [0.15, 0.2) is 0 Å². The van der Waals surface area contributed by atoms with Crippen LogP contribution in [0.25, 0.3) is 0 Å². The molecule has 1 aliphatic heterocycles. The van der Waals surface area contributed by atoms with Crippen LogP contribution >= 0.6 is 0 Å². The largest absolute Gasteiger partial charge is 0.481 e. The minimum atomic E-state index is -0.861. The minimum Gasteiger partial charge on any atom is -0.481 e. The molecule has 1 N–H and O–H groups in total. The molecule has 5 nitrogen and oxygen atoms in total. The molecule has 1 heterocycles. The summed E-state index contributed by atoms with van der Waals surface area (Å²) in [5.74, 6) is -0.826. The van der Waals surface area contributed by atoms with Gasteiger partial charge in [-0.2, -0.15) is 0 Å². The Morgan fingerprint density at radius 2 is 2.00 bits per heavy atom. The molecule has 0 saturated carbocycles. The molecule has 1 fully saturated rings. The fourth-order valence-corrected chi connectivity index (χ4v) is 2.47. The number of morpholine rings is 1. The fraction of sp³-hybridized carbons (Fsp3) is 0.857. The molecule has 0 aliphatic carbocycles. The van der Waals surface area contributed by atoms with Crippen LogP contribution < -0.4 is 0 Å². The Morgan fingerprint density at radius 1 is 1.37 bits per heavy atom. The van der Waals surface area contributed by atoms with Gasteiger partial charge < -0.3 is 14.7 Å². The zero-order chi connectivity index (χ0) is 14.6. The van der Waals surface area contributed by atoms with E-state index in [4.69, 9.17) is 9.84 Å². The van der Waals surface area contributed by atoms with E-state index < -0.39 is 11.4 Å². The summed E-state index contributed by atoms with van der Waals surface area (Å²) in [5.41, 5.74) is -0.511. The number of carbonyl (C=O) groups excluding carboxylic acids is 1. The SMILES string of the molecule is CCC1COC(C)CN1C(=O)CC(C)(C)CC(=O)O. The number of aliphatic carboxylic acids is 1. The van der Waals surface area contributed by atoms with E-state index in [9.17, 15) is 9.59 Å². The second-order valence-electron chi connectivity index (χ2n) is 6.16. The van der Waals surface area contributed by atoms with E-state index >= 15 is 0 Å². The van der Waals surface area contributed by atoms with Crippen molar-refractivity contribution in [1.82, 2.24) is 4.90 Å². The second kappa shape index (κ2) is 6.37. The van der Waals surface area contributed by atoms with E-state index in [0.29, 0.717) is 13.2 Å². The maximum absolute atomic E-state index is 12.4. The molecule has 0 spiro atoms. The lowest BCUT2D eigenvalue weighted by atomic mass is 9.85. The molecule has 110 valence electrons. The van der Waals surface area contributed by atoms with Crippen molar-refractivity contribution < 1.29 is 19.4 Å². The number of carbonyl (C=O) groups is 2. The van der Waals surface area contributed by atoms with Crippen LogP contribution in [0.1, 0.15) is 47.0 Å². The van der Waals surface area contributed by atoms with Crippen molar-refractivity contribution in [2.45, 2.75) is 59.1 Å². The molecule has 0 aromatic heterocycles. The van der Waals surface area contributed by atoms with Gasteiger partial charge in [-0.25, -0.2) is 0 Å². The van der Waals surface area contributed by atoms with Gasteiger partial charge in [-0.15, -0.1) is 0 Å². The lowest BCUT2D eigenvalue weighted by Gasteiger charge is -2.39. The first-order valence-electron chi connectivity index (χ1n) is 6.88. The minimum absolute atomic E-state index is 0.00935. The van der Waals surface area contributed by atoms with Crippen LogP contribution in [0.4, 0.5) is 0 Å². The molecule has 0 aromatic rings. The van der Waals surface area contributed by atoms with E-state index in [0.717, 1.165) is 6.42 Å². The zero-order valence-corrected chi connectivity index (χ0v) is 12.3. The van der Waals surface area contributed by atoms with Crippen molar-refractivity contribution in [1.29, 1.82) is 0 Å². The number of ether oxygens (including phenoxy) is 1. The number of hydrogen-bond donors (Lipinski definition) is 1. The van der Waals surface area contributed by atoms with Gasteiger partial charge in [0.05, 0.1) is 25.2 Å². The molecular formula is C14H25NO4.